The molecular weight excluding hydrogens is 224 g/mol. The first-order valence-corrected chi connectivity index (χ1v) is 6.93. The standard InChI is InChI=1S/C15H24N2O/c1-3-18-15-8-4-12(5-9-15)11(2)17-14-7-6-13(16)10-14/h4-5,8-9,11,13-14,17H,3,6-7,10,16H2,1-2H3. The molecule has 0 bridgehead atoms. The Labute approximate surface area is 110 Å². The number of hydrogen-bond donors (Lipinski definition) is 2. The molecule has 0 spiro atoms. The molecule has 1 aromatic rings. The number of ether oxygens (including phenoxy) is 1. The molecule has 0 aliphatic heterocycles. The molecule has 1 saturated carbocycles. The fourth-order valence-corrected chi connectivity index (χ4v) is 2.64. The van der Waals surface area contributed by atoms with Crippen molar-refractivity contribution in [2.45, 2.75) is 51.2 Å². The number of nitrogens with two attached hydrogens (primary N) is 1. The van der Waals surface area contributed by atoms with E-state index in [2.05, 4.69) is 24.4 Å². The maximum absolute atomic E-state index is 5.94. The summed E-state index contributed by atoms with van der Waals surface area (Å²) in [6.45, 7) is 4.92. The van der Waals surface area contributed by atoms with Gasteiger partial charge in [-0.05, 0) is 50.8 Å². The Morgan fingerprint density at radius 1 is 1.33 bits per heavy atom. The van der Waals surface area contributed by atoms with Gasteiger partial charge in [-0.25, -0.2) is 0 Å². The van der Waals surface area contributed by atoms with Crippen molar-refractivity contribution in [1.29, 1.82) is 0 Å². The van der Waals surface area contributed by atoms with E-state index in [1.165, 1.54) is 12.0 Å². The molecule has 3 atom stereocenters. The minimum Gasteiger partial charge on any atom is -0.494 e. The first kappa shape index (κ1) is 13.4. The highest BCUT2D eigenvalue weighted by molar-refractivity contribution is 5.29. The van der Waals surface area contributed by atoms with Gasteiger partial charge < -0.3 is 15.8 Å². The van der Waals surface area contributed by atoms with Crippen LogP contribution in [0.3, 0.4) is 0 Å². The van der Waals surface area contributed by atoms with Crippen LogP contribution in [0.1, 0.15) is 44.7 Å². The van der Waals surface area contributed by atoms with Gasteiger partial charge in [0.1, 0.15) is 5.75 Å². The van der Waals surface area contributed by atoms with Crippen LogP contribution >= 0.6 is 0 Å². The highest BCUT2D eigenvalue weighted by Gasteiger charge is 2.22. The van der Waals surface area contributed by atoms with Crippen LogP contribution in [0.5, 0.6) is 5.75 Å². The fourth-order valence-electron chi connectivity index (χ4n) is 2.64. The fraction of sp³-hybridized carbons (Fsp3) is 0.600. The molecule has 2 rings (SSSR count). The van der Waals surface area contributed by atoms with Crippen molar-refractivity contribution in [3.05, 3.63) is 29.8 Å². The molecule has 3 heteroatoms. The molecule has 1 aliphatic carbocycles. The van der Waals surface area contributed by atoms with Gasteiger partial charge in [-0.2, -0.15) is 0 Å². The molecule has 1 aliphatic rings. The van der Waals surface area contributed by atoms with Crippen LogP contribution in [0.2, 0.25) is 0 Å². The summed E-state index contributed by atoms with van der Waals surface area (Å²) in [5.74, 6) is 0.941. The molecule has 3 unspecified atom stereocenters. The second-order valence-electron chi connectivity index (χ2n) is 5.16. The van der Waals surface area contributed by atoms with Gasteiger partial charge in [0.05, 0.1) is 6.61 Å². The van der Waals surface area contributed by atoms with Gasteiger partial charge in [-0.15, -0.1) is 0 Å². The molecule has 18 heavy (non-hydrogen) atoms. The number of rotatable bonds is 5. The molecule has 3 N–H and O–H groups in total. The molecule has 1 fully saturated rings. The van der Waals surface area contributed by atoms with E-state index in [9.17, 15) is 0 Å². The smallest absolute Gasteiger partial charge is 0.119 e. The quantitative estimate of drug-likeness (QED) is 0.842. The number of hydrogen-bond acceptors (Lipinski definition) is 3. The summed E-state index contributed by atoms with van der Waals surface area (Å²) >= 11 is 0. The van der Waals surface area contributed by atoms with Gasteiger partial charge in [-0.1, -0.05) is 12.1 Å². The van der Waals surface area contributed by atoms with Crippen molar-refractivity contribution in [3.8, 4) is 5.75 Å². The second kappa shape index (κ2) is 6.21. The van der Waals surface area contributed by atoms with Gasteiger partial charge in [0.2, 0.25) is 0 Å². The third-order valence-corrected chi connectivity index (χ3v) is 3.65. The average Bonchev–Trinajstić information content (AvgIpc) is 2.76. The molecule has 0 saturated heterocycles. The molecule has 100 valence electrons. The van der Waals surface area contributed by atoms with Crippen molar-refractivity contribution >= 4 is 0 Å². The maximum atomic E-state index is 5.94. The summed E-state index contributed by atoms with van der Waals surface area (Å²) < 4.78 is 5.45. The van der Waals surface area contributed by atoms with E-state index in [-0.39, 0.29) is 0 Å². The lowest BCUT2D eigenvalue weighted by molar-refractivity contribution is 0.340. The molecular formula is C15H24N2O. The summed E-state index contributed by atoms with van der Waals surface area (Å²) in [5.41, 5.74) is 7.24. The van der Waals surface area contributed by atoms with E-state index >= 15 is 0 Å². The third kappa shape index (κ3) is 3.47. The highest BCUT2D eigenvalue weighted by atomic mass is 16.5. The van der Waals surface area contributed by atoms with E-state index in [0.717, 1.165) is 18.6 Å². The largest absolute Gasteiger partial charge is 0.494 e. The normalized spacial score (nSPS) is 25.1. The summed E-state index contributed by atoms with van der Waals surface area (Å²) in [4.78, 5) is 0. The van der Waals surface area contributed by atoms with E-state index in [1.807, 2.05) is 19.1 Å². The Bertz CT molecular complexity index is 363. The molecule has 0 amide bonds. The zero-order valence-electron chi connectivity index (χ0n) is 11.4. The predicted octanol–water partition coefficient (Wildman–Crippen LogP) is 2.62. The van der Waals surface area contributed by atoms with Crippen LogP contribution in [0.4, 0.5) is 0 Å². The van der Waals surface area contributed by atoms with Crippen LogP contribution in [0.15, 0.2) is 24.3 Å². The summed E-state index contributed by atoms with van der Waals surface area (Å²) in [5, 5.41) is 3.66. The van der Waals surface area contributed by atoms with Crippen molar-refractivity contribution < 1.29 is 4.74 Å². The Balaban J connectivity index is 1.90. The number of benzene rings is 1. The first-order valence-electron chi connectivity index (χ1n) is 6.93. The highest BCUT2D eigenvalue weighted by Crippen LogP contribution is 2.22. The van der Waals surface area contributed by atoms with Gasteiger partial charge in [-0.3, -0.25) is 0 Å². The van der Waals surface area contributed by atoms with Crippen LogP contribution < -0.4 is 15.8 Å². The van der Waals surface area contributed by atoms with Crippen LogP contribution in [-0.2, 0) is 0 Å². The van der Waals surface area contributed by atoms with Gasteiger partial charge >= 0.3 is 0 Å². The SMILES string of the molecule is CCOc1ccc(C(C)NC2CCC(N)C2)cc1. The number of nitrogens with one attached hydrogen (secondary N) is 1. The Kier molecular flexibility index (Phi) is 4.61. The Hall–Kier alpha value is -1.06. The van der Waals surface area contributed by atoms with Crippen molar-refractivity contribution in [1.82, 2.24) is 5.32 Å². The molecule has 0 radical (unpaired) electrons. The zero-order valence-corrected chi connectivity index (χ0v) is 11.4. The first-order chi connectivity index (χ1) is 8.69. The van der Waals surface area contributed by atoms with Gasteiger partial charge in [0.25, 0.3) is 0 Å². The Morgan fingerprint density at radius 3 is 2.61 bits per heavy atom. The minimum atomic E-state index is 0.371. The molecule has 3 nitrogen and oxygen atoms in total. The van der Waals surface area contributed by atoms with Crippen LogP contribution in [0, 0.1) is 0 Å². The van der Waals surface area contributed by atoms with Crippen molar-refractivity contribution in [3.63, 3.8) is 0 Å². The topological polar surface area (TPSA) is 47.3 Å². The molecule has 0 aromatic heterocycles. The zero-order chi connectivity index (χ0) is 13.0. The maximum Gasteiger partial charge on any atom is 0.119 e. The summed E-state index contributed by atoms with van der Waals surface area (Å²) in [6, 6.07) is 9.68. The van der Waals surface area contributed by atoms with Crippen molar-refractivity contribution in [2.75, 3.05) is 6.61 Å². The second-order valence-corrected chi connectivity index (χ2v) is 5.16. The Morgan fingerprint density at radius 2 is 2.06 bits per heavy atom. The van der Waals surface area contributed by atoms with E-state index in [1.54, 1.807) is 0 Å². The lowest BCUT2D eigenvalue weighted by Crippen LogP contribution is -2.30. The van der Waals surface area contributed by atoms with Crippen molar-refractivity contribution in [2.24, 2.45) is 5.73 Å². The summed E-state index contributed by atoms with van der Waals surface area (Å²) in [7, 11) is 0. The monoisotopic (exact) mass is 248 g/mol. The predicted molar refractivity (Wildman–Crippen MR) is 74.8 cm³/mol. The van der Waals surface area contributed by atoms with Gasteiger partial charge in [0.15, 0.2) is 0 Å². The third-order valence-electron chi connectivity index (χ3n) is 3.65. The lowest BCUT2D eigenvalue weighted by atomic mass is 10.1. The van der Waals surface area contributed by atoms with Crippen LogP contribution in [0.25, 0.3) is 0 Å². The van der Waals surface area contributed by atoms with E-state index in [4.69, 9.17) is 10.5 Å². The average molecular weight is 248 g/mol. The van der Waals surface area contributed by atoms with Crippen LogP contribution in [-0.4, -0.2) is 18.7 Å². The van der Waals surface area contributed by atoms with E-state index < -0.39 is 0 Å². The van der Waals surface area contributed by atoms with E-state index in [0.29, 0.717) is 24.7 Å². The molecule has 0 heterocycles. The van der Waals surface area contributed by atoms with Gasteiger partial charge in [0, 0.05) is 18.1 Å². The summed E-state index contributed by atoms with van der Waals surface area (Å²) in [6.07, 6.45) is 3.44. The minimum absolute atomic E-state index is 0.371. The molecule has 1 aromatic carbocycles. The lowest BCUT2D eigenvalue weighted by Gasteiger charge is -2.20.